The lowest BCUT2D eigenvalue weighted by atomic mass is 10.4. The zero-order valence-corrected chi connectivity index (χ0v) is 13.3. The van der Waals surface area contributed by atoms with Gasteiger partial charge in [-0.3, -0.25) is 9.40 Å². The smallest absolute Gasteiger partial charge is 0.263 e. The number of aromatic nitrogens is 2. The van der Waals surface area contributed by atoms with Crippen LogP contribution in [0.25, 0.3) is 0 Å². The van der Waals surface area contributed by atoms with Crippen LogP contribution in [0.15, 0.2) is 33.6 Å². The van der Waals surface area contributed by atoms with Crippen molar-refractivity contribution in [3.05, 3.63) is 39.5 Å². The van der Waals surface area contributed by atoms with Gasteiger partial charge in [0, 0.05) is 17.6 Å². The topological polar surface area (TPSA) is 64.0 Å². The van der Waals surface area contributed by atoms with E-state index < -0.39 is 10.0 Å². The molecule has 8 heteroatoms. The number of anilines is 1. The van der Waals surface area contributed by atoms with Crippen molar-refractivity contribution in [1.29, 1.82) is 0 Å². The molecule has 0 spiro atoms. The molecule has 0 radical (unpaired) electrons. The van der Waals surface area contributed by atoms with Crippen molar-refractivity contribution in [3.63, 3.8) is 0 Å². The average molecular weight is 365 g/mol. The fourth-order valence-corrected chi connectivity index (χ4v) is 3.30. The van der Waals surface area contributed by atoms with Crippen LogP contribution in [0.2, 0.25) is 5.02 Å². The van der Waals surface area contributed by atoms with E-state index in [0.717, 1.165) is 5.69 Å². The van der Waals surface area contributed by atoms with Gasteiger partial charge in [-0.2, -0.15) is 5.10 Å². The standard InChI is InChI=1S/C11H11BrClN3O2S/c1-7-5-11(16(2)14-7)15-19(17,18)8-3-4-10(13)9(12)6-8/h3-6,15H,1-2H3. The fraction of sp³-hybridized carbons (Fsp3) is 0.182. The Balaban J connectivity index is 2.37. The molecule has 1 aromatic heterocycles. The van der Waals surface area contributed by atoms with Crippen molar-refractivity contribution >= 4 is 43.4 Å². The summed E-state index contributed by atoms with van der Waals surface area (Å²) in [7, 11) is -1.99. The Hall–Kier alpha value is -1.05. The van der Waals surface area contributed by atoms with E-state index in [1.165, 1.54) is 22.9 Å². The maximum Gasteiger partial charge on any atom is 0.263 e. The third kappa shape index (κ3) is 3.10. The highest BCUT2D eigenvalue weighted by molar-refractivity contribution is 9.10. The van der Waals surface area contributed by atoms with Gasteiger partial charge in [0.2, 0.25) is 0 Å². The van der Waals surface area contributed by atoms with Gasteiger partial charge in [-0.15, -0.1) is 0 Å². The van der Waals surface area contributed by atoms with E-state index >= 15 is 0 Å². The van der Waals surface area contributed by atoms with Gasteiger partial charge in [0.05, 0.1) is 15.6 Å². The van der Waals surface area contributed by atoms with Gasteiger partial charge in [-0.05, 0) is 41.1 Å². The number of halogens is 2. The highest BCUT2D eigenvalue weighted by Crippen LogP contribution is 2.26. The highest BCUT2D eigenvalue weighted by atomic mass is 79.9. The lowest BCUT2D eigenvalue weighted by Gasteiger charge is -2.08. The van der Waals surface area contributed by atoms with Crippen molar-refractivity contribution in [2.45, 2.75) is 11.8 Å². The molecule has 19 heavy (non-hydrogen) atoms. The molecule has 0 aliphatic rings. The summed E-state index contributed by atoms with van der Waals surface area (Å²) in [5.74, 6) is 0.406. The Morgan fingerprint density at radius 3 is 2.58 bits per heavy atom. The molecule has 1 aromatic carbocycles. The van der Waals surface area contributed by atoms with Crippen molar-refractivity contribution < 1.29 is 8.42 Å². The Morgan fingerprint density at radius 1 is 1.37 bits per heavy atom. The first-order valence-electron chi connectivity index (χ1n) is 5.28. The lowest BCUT2D eigenvalue weighted by Crippen LogP contribution is -2.15. The summed E-state index contributed by atoms with van der Waals surface area (Å²) < 4.78 is 28.9. The van der Waals surface area contributed by atoms with Crippen LogP contribution in [0, 0.1) is 6.92 Å². The van der Waals surface area contributed by atoms with Gasteiger partial charge in [0.15, 0.2) is 0 Å². The molecule has 0 unspecified atom stereocenters. The molecule has 0 aliphatic carbocycles. The van der Waals surface area contributed by atoms with Crippen LogP contribution in [0.1, 0.15) is 5.69 Å². The number of nitrogens with one attached hydrogen (secondary N) is 1. The number of sulfonamides is 1. The van der Waals surface area contributed by atoms with Gasteiger partial charge in [-0.25, -0.2) is 8.42 Å². The van der Waals surface area contributed by atoms with E-state index in [9.17, 15) is 8.42 Å². The molecular weight excluding hydrogens is 354 g/mol. The molecule has 0 saturated heterocycles. The summed E-state index contributed by atoms with van der Waals surface area (Å²) in [5, 5.41) is 4.53. The summed E-state index contributed by atoms with van der Waals surface area (Å²) in [6.45, 7) is 1.79. The van der Waals surface area contributed by atoms with Crippen LogP contribution in [0.5, 0.6) is 0 Å². The second-order valence-corrected chi connectivity index (χ2v) is 6.92. The number of rotatable bonds is 3. The molecule has 2 rings (SSSR count). The third-order valence-electron chi connectivity index (χ3n) is 2.44. The maximum atomic E-state index is 12.2. The molecule has 0 saturated carbocycles. The molecule has 1 N–H and O–H groups in total. The maximum absolute atomic E-state index is 12.2. The summed E-state index contributed by atoms with van der Waals surface area (Å²) >= 11 is 9.04. The van der Waals surface area contributed by atoms with Crippen molar-refractivity contribution in [2.75, 3.05) is 4.72 Å². The Kier molecular flexibility index (Phi) is 3.89. The number of hydrogen-bond donors (Lipinski definition) is 1. The fourth-order valence-electron chi connectivity index (χ4n) is 1.55. The molecule has 1 heterocycles. The second kappa shape index (κ2) is 5.15. The van der Waals surface area contributed by atoms with Crippen molar-refractivity contribution in [2.24, 2.45) is 7.05 Å². The summed E-state index contributed by atoms with van der Waals surface area (Å²) in [5.41, 5.74) is 0.734. The minimum Gasteiger partial charge on any atom is -0.264 e. The molecule has 0 aliphatic heterocycles. The van der Waals surface area contributed by atoms with Crippen LogP contribution >= 0.6 is 27.5 Å². The summed E-state index contributed by atoms with van der Waals surface area (Å²) in [6.07, 6.45) is 0. The minimum absolute atomic E-state index is 0.127. The summed E-state index contributed by atoms with van der Waals surface area (Å²) in [4.78, 5) is 0.127. The Bertz CT molecular complexity index is 728. The SMILES string of the molecule is Cc1cc(NS(=O)(=O)c2ccc(Cl)c(Br)c2)n(C)n1. The van der Waals surface area contributed by atoms with Gasteiger partial charge in [0.25, 0.3) is 10.0 Å². The van der Waals surface area contributed by atoms with Gasteiger partial charge < -0.3 is 0 Å². The molecule has 102 valence electrons. The van der Waals surface area contributed by atoms with Crippen molar-refractivity contribution in [3.8, 4) is 0 Å². The van der Waals surface area contributed by atoms with Gasteiger partial charge in [0.1, 0.15) is 5.82 Å². The Morgan fingerprint density at radius 2 is 2.05 bits per heavy atom. The average Bonchev–Trinajstić information content (AvgIpc) is 2.60. The van der Waals surface area contributed by atoms with E-state index in [1.54, 1.807) is 20.0 Å². The zero-order chi connectivity index (χ0) is 14.2. The van der Waals surface area contributed by atoms with E-state index in [0.29, 0.717) is 15.3 Å². The van der Waals surface area contributed by atoms with Gasteiger partial charge >= 0.3 is 0 Å². The van der Waals surface area contributed by atoms with Crippen LogP contribution < -0.4 is 4.72 Å². The molecule has 0 atom stereocenters. The highest BCUT2D eigenvalue weighted by Gasteiger charge is 2.17. The lowest BCUT2D eigenvalue weighted by molar-refractivity contribution is 0.600. The largest absolute Gasteiger partial charge is 0.264 e. The van der Waals surface area contributed by atoms with Crippen LogP contribution in [0.4, 0.5) is 5.82 Å². The molecule has 0 fully saturated rings. The van der Waals surface area contributed by atoms with Crippen LogP contribution in [0.3, 0.4) is 0 Å². The first-order valence-corrected chi connectivity index (χ1v) is 7.93. The molecule has 5 nitrogen and oxygen atoms in total. The predicted octanol–water partition coefficient (Wildman–Crippen LogP) is 2.95. The number of benzene rings is 1. The van der Waals surface area contributed by atoms with Crippen molar-refractivity contribution in [1.82, 2.24) is 9.78 Å². The molecule has 0 bridgehead atoms. The minimum atomic E-state index is -3.66. The van der Waals surface area contributed by atoms with E-state index in [4.69, 9.17) is 11.6 Å². The predicted molar refractivity (Wildman–Crippen MR) is 77.9 cm³/mol. The summed E-state index contributed by atoms with van der Waals surface area (Å²) in [6, 6.07) is 6.07. The number of nitrogens with zero attached hydrogens (tertiary/aromatic N) is 2. The first-order chi connectivity index (χ1) is 8.79. The normalized spacial score (nSPS) is 11.6. The number of hydrogen-bond acceptors (Lipinski definition) is 3. The van der Waals surface area contributed by atoms with E-state index in [-0.39, 0.29) is 4.90 Å². The monoisotopic (exact) mass is 363 g/mol. The Labute approximate surface area is 124 Å². The van der Waals surface area contributed by atoms with E-state index in [1.807, 2.05) is 0 Å². The van der Waals surface area contributed by atoms with Crippen LogP contribution in [-0.2, 0) is 17.1 Å². The van der Waals surface area contributed by atoms with E-state index in [2.05, 4.69) is 25.8 Å². The second-order valence-electron chi connectivity index (χ2n) is 3.98. The first kappa shape index (κ1) is 14.4. The molecule has 2 aromatic rings. The van der Waals surface area contributed by atoms with Gasteiger partial charge in [-0.1, -0.05) is 11.6 Å². The number of aryl methyl sites for hydroxylation is 2. The quantitative estimate of drug-likeness (QED) is 0.910. The van der Waals surface area contributed by atoms with Crippen LogP contribution in [-0.4, -0.2) is 18.2 Å². The molecule has 0 amide bonds. The third-order valence-corrected chi connectivity index (χ3v) is 5.01. The zero-order valence-electron chi connectivity index (χ0n) is 10.2. The molecular formula is C11H11BrClN3O2S.